The lowest BCUT2D eigenvalue weighted by Gasteiger charge is -2.20. The van der Waals surface area contributed by atoms with E-state index in [-0.39, 0.29) is 17.5 Å². The molecule has 0 bridgehead atoms. The number of anilines is 2. The molecule has 1 aromatic carbocycles. The van der Waals surface area contributed by atoms with Crippen molar-refractivity contribution >= 4 is 17.6 Å². The van der Waals surface area contributed by atoms with Gasteiger partial charge in [-0.05, 0) is 26.0 Å². The number of hydrogen-bond donors (Lipinski definition) is 1. The fourth-order valence-electron chi connectivity index (χ4n) is 1.90. The van der Waals surface area contributed by atoms with Crippen LogP contribution in [-0.2, 0) is 0 Å². The monoisotopic (exact) mass is 297 g/mol. The van der Waals surface area contributed by atoms with E-state index >= 15 is 0 Å². The number of para-hydroxylation sites is 1. The third kappa shape index (κ3) is 3.33. The van der Waals surface area contributed by atoms with Gasteiger partial charge in [0.05, 0.1) is 18.0 Å². The molecule has 112 valence electrons. The van der Waals surface area contributed by atoms with Crippen LogP contribution in [0.4, 0.5) is 16.3 Å². The molecule has 1 aromatic heterocycles. The van der Waals surface area contributed by atoms with Gasteiger partial charge in [-0.1, -0.05) is 18.2 Å². The smallest absolute Gasteiger partial charge is 0.417 e. The van der Waals surface area contributed by atoms with Crippen LogP contribution in [0.2, 0.25) is 0 Å². The Morgan fingerprint density at radius 2 is 2.05 bits per heavy atom. The third-order valence-corrected chi connectivity index (χ3v) is 2.77. The van der Waals surface area contributed by atoms with Crippen LogP contribution in [0.25, 0.3) is 0 Å². The molecule has 0 aliphatic carbocycles. The van der Waals surface area contributed by atoms with Gasteiger partial charge >= 0.3 is 6.09 Å². The summed E-state index contributed by atoms with van der Waals surface area (Å²) in [6.07, 6.45) is 0.00241. The van der Waals surface area contributed by atoms with Crippen molar-refractivity contribution < 1.29 is 14.6 Å². The highest BCUT2D eigenvalue weighted by Crippen LogP contribution is 2.29. The summed E-state index contributed by atoms with van der Waals surface area (Å²) < 4.78 is 5.56. The van der Waals surface area contributed by atoms with Gasteiger partial charge in [0.15, 0.2) is 0 Å². The van der Waals surface area contributed by atoms with Crippen LogP contribution in [-0.4, -0.2) is 22.3 Å². The molecule has 0 aliphatic rings. The van der Waals surface area contributed by atoms with Gasteiger partial charge in [-0.2, -0.15) is 5.26 Å². The number of hydrogen-bond acceptors (Lipinski definition) is 4. The molecule has 1 N–H and O–H groups in total. The largest absolute Gasteiger partial charge is 0.489 e. The van der Waals surface area contributed by atoms with Crippen molar-refractivity contribution in [2.45, 2.75) is 20.0 Å². The third-order valence-electron chi connectivity index (χ3n) is 2.77. The van der Waals surface area contributed by atoms with E-state index in [0.29, 0.717) is 11.4 Å². The number of ether oxygens (including phenoxy) is 1. The van der Waals surface area contributed by atoms with E-state index in [0.717, 1.165) is 4.90 Å². The summed E-state index contributed by atoms with van der Waals surface area (Å²) in [6, 6.07) is 12.0. The lowest BCUT2D eigenvalue weighted by Crippen LogP contribution is -2.24. The molecule has 0 atom stereocenters. The number of amides is 1. The summed E-state index contributed by atoms with van der Waals surface area (Å²) in [5, 5.41) is 18.5. The van der Waals surface area contributed by atoms with Crippen LogP contribution >= 0.6 is 0 Å². The van der Waals surface area contributed by atoms with Crippen LogP contribution in [0.3, 0.4) is 0 Å². The normalized spacial score (nSPS) is 10.1. The van der Waals surface area contributed by atoms with Crippen LogP contribution in [0, 0.1) is 11.3 Å². The molecule has 0 unspecified atom stereocenters. The zero-order chi connectivity index (χ0) is 16.1. The predicted octanol–water partition coefficient (Wildman–Crippen LogP) is 3.56. The first kappa shape index (κ1) is 15.3. The Morgan fingerprint density at radius 3 is 2.59 bits per heavy atom. The van der Waals surface area contributed by atoms with Crippen LogP contribution in [0.5, 0.6) is 5.75 Å². The number of rotatable bonds is 4. The lowest BCUT2D eigenvalue weighted by molar-refractivity contribution is 0.204. The molecule has 6 heteroatoms. The summed E-state index contributed by atoms with van der Waals surface area (Å²) >= 11 is 0. The fourth-order valence-corrected chi connectivity index (χ4v) is 1.90. The zero-order valence-corrected chi connectivity index (χ0v) is 12.2. The van der Waals surface area contributed by atoms with Gasteiger partial charge in [0.25, 0.3) is 0 Å². The number of pyridine rings is 1. The maximum absolute atomic E-state index is 11.6. The zero-order valence-electron chi connectivity index (χ0n) is 12.2. The van der Waals surface area contributed by atoms with E-state index < -0.39 is 6.09 Å². The molecule has 0 radical (unpaired) electrons. The number of carboxylic acid groups (broad SMARTS) is 1. The van der Waals surface area contributed by atoms with Gasteiger partial charge < -0.3 is 9.84 Å². The highest BCUT2D eigenvalue weighted by Gasteiger charge is 2.20. The Morgan fingerprint density at radius 1 is 1.36 bits per heavy atom. The van der Waals surface area contributed by atoms with Crippen molar-refractivity contribution in [2.75, 3.05) is 4.90 Å². The molecular formula is C16H15N3O3. The number of benzene rings is 1. The van der Waals surface area contributed by atoms with Gasteiger partial charge in [0, 0.05) is 6.07 Å². The minimum Gasteiger partial charge on any atom is -0.489 e. The first-order valence-electron chi connectivity index (χ1n) is 6.68. The van der Waals surface area contributed by atoms with Crippen LogP contribution < -0.4 is 9.64 Å². The Labute approximate surface area is 128 Å². The van der Waals surface area contributed by atoms with Crippen molar-refractivity contribution in [1.82, 2.24) is 4.98 Å². The molecule has 0 fully saturated rings. The average Bonchev–Trinajstić information content (AvgIpc) is 2.48. The minimum atomic E-state index is -1.17. The summed E-state index contributed by atoms with van der Waals surface area (Å²) in [5.41, 5.74) is 0.721. The Hall–Kier alpha value is -3.07. The van der Waals surface area contributed by atoms with Crippen molar-refractivity contribution in [2.24, 2.45) is 0 Å². The molecule has 0 saturated heterocycles. The van der Waals surface area contributed by atoms with E-state index in [1.165, 1.54) is 12.3 Å². The van der Waals surface area contributed by atoms with E-state index in [4.69, 9.17) is 10.00 Å². The number of nitrogens with zero attached hydrogens (tertiary/aromatic N) is 3. The Bertz CT molecular complexity index is 708. The van der Waals surface area contributed by atoms with Gasteiger partial charge in [0.2, 0.25) is 0 Å². The summed E-state index contributed by atoms with van der Waals surface area (Å²) in [7, 11) is 0. The predicted molar refractivity (Wildman–Crippen MR) is 81.3 cm³/mol. The second-order valence-corrected chi connectivity index (χ2v) is 4.77. The average molecular weight is 297 g/mol. The molecule has 0 spiro atoms. The Balaban J connectivity index is 2.49. The molecule has 1 amide bonds. The topological polar surface area (TPSA) is 86.4 Å². The van der Waals surface area contributed by atoms with Crippen LogP contribution in [0.15, 0.2) is 42.6 Å². The number of carbonyl (C=O) groups is 1. The SMILES string of the molecule is CC(C)Oc1cc(N(C(=O)O)c2ccccc2)ncc1C#N. The van der Waals surface area contributed by atoms with Crippen LogP contribution in [0.1, 0.15) is 19.4 Å². The van der Waals surface area contributed by atoms with Crippen molar-refractivity contribution in [3.05, 3.63) is 48.2 Å². The standard InChI is InChI=1S/C16H15N3O3/c1-11(2)22-14-8-15(18-10-12(14)9-17)19(16(20)21)13-6-4-3-5-7-13/h3-8,10-11H,1-2H3,(H,20,21). The molecule has 22 heavy (non-hydrogen) atoms. The molecule has 2 rings (SSSR count). The fraction of sp³-hybridized carbons (Fsp3) is 0.188. The van der Waals surface area contributed by atoms with Gasteiger partial charge in [0.1, 0.15) is 23.2 Å². The molecule has 2 aromatic rings. The summed E-state index contributed by atoms with van der Waals surface area (Å²) in [6.45, 7) is 3.65. The first-order chi connectivity index (χ1) is 10.5. The number of aromatic nitrogens is 1. The molecular weight excluding hydrogens is 282 g/mol. The van der Waals surface area contributed by atoms with Gasteiger partial charge in [-0.25, -0.2) is 14.7 Å². The van der Waals surface area contributed by atoms with E-state index in [9.17, 15) is 9.90 Å². The molecule has 0 aliphatic heterocycles. The maximum Gasteiger partial charge on any atom is 0.417 e. The molecule has 6 nitrogen and oxygen atoms in total. The van der Waals surface area contributed by atoms with Crippen molar-refractivity contribution in [3.8, 4) is 11.8 Å². The maximum atomic E-state index is 11.6. The highest BCUT2D eigenvalue weighted by molar-refractivity contribution is 5.93. The quantitative estimate of drug-likeness (QED) is 0.932. The van der Waals surface area contributed by atoms with Gasteiger partial charge in [-0.3, -0.25) is 0 Å². The lowest BCUT2D eigenvalue weighted by atomic mass is 10.2. The Kier molecular flexibility index (Phi) is 4.59. The second kappa shape index (κ2) is 6.59. The minimum absolute atomic E-state index is 0.141. The van der Waals surface area contributed by atoms with Crippen molar-refractivity contribution in [1.29, 1.82) is 5.26 Å². The summed E-state index contributed by atoms with van der Waals surface area (Å²) in [5.74, 6) is 0.484. The second-order valence-electron chi connectivity index (χ2n) is 4.77. The van der Waals surface area contributed by atoms with E-state index in [2.05, 4.69) is 4.98 Å². The first-order valence-corrected chi connectivity index (χ1v) is 6.68. The van der Waals surface area contributed by atoms with Crippen molar-refractivity contribution in [3.63, 3.8) is 0 Å². The van der Waals surface area contributed by atoms with Gasteiger partial charge in [-0.15, -0.1) is 0 Å². The van der Waals surface area contributed by atoms with E-state index in [1.54, 1.807) is 30.3 Å². The summed E-state index contributed by atoms with van der Waals surface area (Å²) in [4.78, 5) is 16.7. The highest BCUT2D eigenvalue weighted by atomic mass is 16.5. The van der Waals surface area contributed by atoms with E-state index in [1.807, 2.05) is 19.9 Å². The molecule has 1 heterocycles. The molecule has 0 saturated carbocycles. The number of nitriles is 1.